The number of phenolic OH excluding ortho intramolecular Hbond substituents is 1. The first-order valence-corrected chi connectivity index (χ1v) is 6.28. The summed E-state index contributed by atoms with van der Waals surface area (Å²) in [5, 5.41) is 9.32. The van der Waals surface area contributed by atoms with Gasteiger partial charge in [-0.05, 0) is 61.4 Å². The Morgan fingerprint density at radius 1 is 0.950 bits per heavy atom. The molecule has 3 rings (SSSR count). The number of nitrogens with zero attached hydrogens (tertiary/aromatic N) is 1. The number of benzene rings is 2. The molecule has 4 heteroatoms. The number of ketones is 1. The summed E-state index contributed by atoms with van der Waals surface area (Å²) in [7, 11) is 0. The molecule has 1 aliphatic rings. The maximum absolute atomic E-state index is 12.2. The number of hydrogen-bond donors (Lipinski definition) is 1. The van der Waals surface area contributed by atoms with Gasteiger partial charge in [-0.25, -0.2) is 0 Å². The molecule has 0 radical (unpaired) electrons. The van der Waals surface area contributed by atoms with Crippen LogP contribution < -0.4 is 4.90 Å². The van der Waals surface area contributed by atoms with E-state index in [1.54, 1.807) is 18.2 Å². The highest BCUT2D eigenvalue weighted by molar-refractivity contribution is 6.53. The van der Waals surface area contributed by atoms with Crippen LogP contribution in [0.25, 0.3) is 0 Å². The minimum Gasteiger partial charge on any atom is -0.508 e. The number of carbonyl (C=O) groups excluding carboxylic acids is 2. The lowest BCUT2D eigenvalue weighted by Gasteiger charge is -2.17. The van der Waals surface area contributed by atoms with E-state index >= 15 is 0 Å². The molecule has 0 saturated carbocycles. The number of anilines is 2. The average molecular weight is 267 g/mol. The molecule has 1 amide bonds. The van der Waals surface area contributed by atoms with Gasteiger partial charge in [-0.2, -0.15) is 0 Å². The van der Waals surface area contributed by atoms with Crippen molar-refractivity contribution in [1.82, 2.24) is 0 Å². The molecule has 0 fully saturated rings. The second kappa shape index (κ2) is 4.20. The van der Waals surface area contributed by atoms with Gasteiger partial charge < -0.3 is 5.11 Å². The second-order valence-electron chi connectivity index (χ2n) is 4.94. The number of aryl methyl sites for hydroxylation is 2. The van der Waals surface area contributed by atoms with Crippen LogP contribution in [0.1, 0.15) is 21.5 Å². The van der Waals surface area contributed by atoms with Crippen molar-refractivity contribution in [2.24, 2.45) is 0 Å². The number of hydrogen-bond acceptors (Lipinski definition) is 3. The number of Topliss-reactive ketones (excluding diaryl/α,β-unsaturated/α-hetero) is 1. The monoisotopic (exact) mass is 267 g/mol. The summed E-state index contributed by atoms with van der Waals surface area (Å²) in [6, 6.07) is 9.82. The summed E-state index contributed by atoms with van der Waals surface area (Å²) in [5.41, 5.74) is 3.62. The van der Waals surface area contributed by atoms with Gasteiger partial charge in [-0.15, -0.1) is 0 Å². The molecular weight excluding hydrogens is 254 g/mol. The zero-order valence-electron chi connectivity index (χ0n) is 11.2. The molecule has 0 saturated heterocycles. The summed E-state index contributed by atoms with van der Waals surface area (Å²) in [6.45, 7) is 3.86. The van der Waals surface area contributed by atoms with Crippen LogP contribution in [0, 0.1) is 13.8 Å². The van der Waals surface area contributed by atoms with Crippen LogP contribution in [0.15, 0.2) is 36.4 Å². The zero-order chi connectivity index (χ0) is 14.4. The third kappa shape index (κ3) is 1.69. The fourth-order valence-electron chi connectivity index (χ4n) is 2.35. The third-order valence-electron chi connectivity index (χ3n) is 3.60. The molecule has 0 aliphatic carbocycles. The van der Waals surface area contributed by atoms with Crippen LogP contribution in [0.2, 0.25) is 0 Å². The van der Waals surface area contributed by atoms with E-state index in [1.807, 2.05) is 19.9 Å². The minimum absolute atomic E-state index is 0.118. The van der Waals surface area contributed by atoms with Gasteiger partial charge in [0.1, 0.15) is 5.75 Å². The first-order chi connectivity index (χ1) is 9.49. The molecule has 0 spiro atoms. The molecule has 1 N–H and O–H groups in total. The fourth-order valence-corrected chi connectivity index (χ4v) is 2.35. The Balaban J connectivity index is 2.19. The van der Waals surface area contributed by atoms with E-state index in [9.17, 15) is 14.7 Å². The average Bonchev–Trinajstić information content (AvgIpc) is 2.65. The standard InChI is InChI=1S/C16H13NO3/c1-9-7-13-14(8-10(9)2)17(16(20)15(13)19)11-3-5-12(18)6-4-11/h3-8,18H,1-2H3. The van der Waals surface area contributed by atoms with Crippen LogP contribution in [0.4, 0.5) is 11.4 Å². The minimum atomic E-state index is -0.560. The Labute approximate surface area is 116 Å². The van der Waals surface area contributed by atoms with E-state index in [1.165, 1.54) is 17.0 Å². The van der Waals surface area contributed by atoms with Crippen molar-refractivity contribution in [3.8, 4) is 5.75 Å². The van der Waals surface area contributed by atoms with E-state index in [4.69, 9.17) is 0 Å². The summed E-state index contributed by atoms with van der Waals surface area (Å²) < 4.78 is 0. The van der Waals surface area contributed by atoms with Crippen molar-refractivity contribution in [3.63, 3.8) is 0 Å². The van der Waals surface area contributed by atoms with Crippen LogP contribution in [0.3, 0.4) is 0 Å². The molecule has 1 heterocycles. The topological polar surface area (TPSA) is 57.6 Å². The molecule has 0 bridgehead atoms. The number of phenols is 1. The van der Waals surface area contributed by atoms with Gasteiger partial charge in [-0.1, -0.05) is 0 Å². The third-order valence-corrected chi connectivity index (χ3v) is 3.60. The van der Waals surface area contributed by atoms with Gasteiger partial charge in [0.05, 0.1) is 11.3 Å². The fraction of sp³-hybridized carbons (Fsp3) is 0.125. The van der Waals surface area contributed by atoms with Gasteiger partial charge in [-0.3, -0.25) is 14.5 Å². The quantitative estimate of drug-likeness (QED) is 0.808. The van der Waals surface area contributed by atoms with E-state index in [0.29, 0.717) is 16.9 Å². The first kappa shape index (κ1) is 12.4. The number of rotatable bonds is 1. The SMILES string of the molecule is Cc1cc2c(cc1C)N(c1ccc(O)cc1)C(=O)C2=O. The molecule has 0 aromatic heterocycles. The van der Waals surface area contributed by atoms with Crippen molar-refractivity contribution >= 4 is 23.1 Å². The van der Waals surface area contributed by atoms with Crippen molar-refractivity contribution in [3.05, 3.63) is 53.1 Å². The highest BCUT2D eigenvalue weighted by atomic mass is 16.3. The summed E-state index contributed by atoms with van der Waals surface area (Å²) in [5.74, 6) is -0.932. The molecule has 0 atom stereocenters. The van der Waals surface area contributed by atoms with Crippen LogP contribution in [-0.4, -0.2) is 16.8 Å². The Morgan fingerprint density at radius 2 is 1.55 bits per heavy atom. The van der Waals surface area contributed by atoms with Crippen LogP contribution in [-0.2, 0) is 4.79 Å². The lowest BCUT2D eigenvalue weighted by atomic mass is 10.0. The molecule has 2 aromatic rings. The van der Waals surface area contributed by atoms with Gasteiger partial charge in [0, 0.05) is 5.69 Å². The van der Waals surface area contributed by atoms with E-state index in [2.05, 4.69) is 0 Å². The van der Waals surface area contributed by atoms with E-state index < -0.39 is 11.7 Å². The van der Waals surface area contributed by atoms with Crippen molar-refractivity contribution < 1.29 is 14.7 Å². The highest BCUT2D eigenvalue weighted by Gasteiger charge is 2.37. The van der Waals surface area contributed by atoms with Gasteiger partial charge >= 0.3 is 5.91 Å². The lowest BCUT2D eigenvalue weighted by Crippen LogP contribution is -2.24. The molecule has 1 aliphatic heterocycles. The Hall–Kier alpha value is -2.62. The van der Waals surface area contributed by atoms with Gasteiger partial charge in [0.25, 0.3) is 5.78 Å². The second-order valence-corrected chi connectivity index (χ2v) is 4.94. The van der Waals surface area contributed by atoms with Gasteiger partial charge in [0.2, 0.25) is 0 Å². The van der Waals surface area contributed by atoms with Crippen LogP contribution >= 0.6 is 0 Å². The van der Waals surface area contributed by atoms with E-state index in [-0.39, 0.29) is 5.75 Å². The van der Waals surface area contributed by atoms with Crippen molar-refractivity contribution in [1.29, 1.82) is 0 Å². The largest absolute Gasteiger partial charge is 0.508 e. The van der Waals surface area contributed by atoms with E-state index in [0.717, 1.165) is 11.1 Å². The highest BCUT2D eigenvalue weighted by Crippen LogP contribution is 2.37. The predicted molar refractivity (Wildman–Crippen MR) is 75.5 cm³/mol. The lowest BCUT2D eigenvalue weighted by molar-refractivity contribution is -0.113. The van der Waals surface area contributed by atoms with Crippen LogP contribution in [0.5, 0.6) is 5.75 Å². The predicted octanol–water partition coefficient (Wildman–Crippen LogP) is 2.87. The Morgan fingerprint density at radius 3 is 2.20 bits per heavy atom. The normalized spacial score (nSPS) is 13.8. The molecule has 100 valence electrons. The zero-order valence-corrected chi connectivity index (χ0v) is 11.2. The maximum Gasteiger partial charge on any atom is 0.304 e. The van der Waals surface area contributed by atoms with Crippen molar-refractivity contribution in [2.45, 2.75) is 13.8 Å². The maximum atomic E-state index is 12.2. The summed E-state index contributed by atoms with van der Waals surface area (Å²) >= 11 is 0. The molecule has 2 aromatic carbocycles. The molecule has 0 unspecified atom stereocenters. The summed E-state index contributed by atoms with van der Waals surface area (Å²) in [6.07, 6.45) is 0. The summed E-state index contributed by atoms with van der Waals surface area (Å²) in [4.78, 5) is 25.6. The number of carbonyl (C=O) groups is 2. The Bertz CT molecular complexity index is 732. The first-order valence-electron chi connectivity index (χ1n) is 6.28. The Kier molecular flexibility index (Phi) is 2.61. The number of aromatic hydroxyl groups is 1. The smallest absolute Gasteiger partial charge is 0.304 e. The van der Waals surface area contributed by atoms with Gasteiger partial charge in [0.15, 0.2) is 0 Å². The molecular formula is C16H13NO3. The molecule has 20 heavy (non-hydrogen) atoms. The van der Waals surface area contributed by atoms with Crippen molar-refractivity contribution in [2.75, 3.05) is 4.90 Å². The number of amides is 1. The molecule has 4 nitrogen and oxygen atoms in total. The number of fused-ring (bicyclic) bond motifs is 1.